The van der Waals surface area contributed by atoms with Crippen LogP contribution in [0.5, 0.6) is 0 Å². The van der Waals surface area contributed by atoms with Crippen molar-refractivity contribution in [1.29, 1.82) is 0 Å². The molecular weight excluding hydrogens is 158 g/mol. The minimum Gasteiger partial charge on any atom is -0.408 e. The van der Waals surface area contributed by atoms with Crippen molar-refractivity contribution in [2.24, 2.45) is 0 Å². The lowest BCUT2D eigenvalue weighted by Gasteiger charge is -2.14. The zero-order valence-corrected chi connectivity index (χ0v) is 6.91. The fourth-order valence-corrected chi connectivity index (χ4v) is 1.31. The van der Waals surface area contributed by atoms with E-state index in [1.54, 1.807) is 0 Å². The van der Waals surface area contributed by atoms with Crippen LogP contribution in [0.4, 0.5) is 6.01 Å². The SMILES string of the molecule is CC1(c2nnc(N)o2)CCOC1. The van der Waals surface area contributed by atoms with E-state index < -0.39 is 0 Å². The van der Waals surface area contributed by atoms with Crippen molar-refractivity contribution in [3.05, 3.63) is 5.89 Å². The Morgan fingerprint density at radius 3 is 2.83 bits per heavy atom. The summed E-state index contributed by atoms with van der Waals surface area (Å²) in [5.41, 5.74) is 5.19. The van der Waals surface area contributed by atoms with E-state index in [1.165, 1.54) is 0 Å². The summed E-state index contributed by atoms with van der Waals surface area (Å²) in [7, 11) is 0. The molecule has 1 aromatic rings. The van der Waals surface area contributed by atoms with E-state index in [4.69, 9.17) is 14.9 Å². The van der Waals surface area contributed by atoms with Crippen LogP contribution in [0.3, 0.4) is 0 Å². The van der Waals surface area contributed by atoms with Gasteiger partial charge in [-0.2, -0.15) is 0 Å². The topological polar surface area (TPSA) is 74.2 Å². The highest BCUT2D eigenvalue weighted by molar-refractivity contribution is 5.11. The lowest BCUT2D eigenvalue weighted by atomic mass is 9.90. The van der Waals surface area contributed by atoms with Crippen LogP contribution in [-0.4, -0.2) is 23.4 Å². The van der Waals surface area contributed by atoms with Gasteiger partial charge < -0.3 is 14.9 Å². The third-order valence-electron chi connectivity index (χ3n) is 2.18. The number of hydrogen-bond donors (Lipinski definition) is 1. The maximum Gasteiger partial charge on any atom is 0.312 e. The summed E-state index contributed by atoms with van der Waals surface area (Å²) in [6, 6.07) is 0.123. The zero-order valence-electron chi connectivity index (χ0n) is 6.91. The van der Waals surface area contributed by atoms with Gasteiger partial charge in [0.25, 0.3) is 0 Å². The molecule has 1 aromatic heterocycles. The first kappa shape index (κ1) is 7.54. The molecule has 0 radical (unpaired) electrons. The average molecular weight is 169 g/mol. The zero-order chi connectivity index (χ0) is 8.60. The maximum absolute atomic E-state index is 5.32. The molecule has 5 nitrogen and oxygen atoms in total. The van der Waals surface area contributed by atoms with Gasteiger partial charge in [-0.15, -0.1) is 5.10 Å². The van der Waals surface area contributed by atoms with Crippen molar-refractivity contribution in [3.8, 4) is 0 Å². The van der Waals surface area contributed by atoms with Crippen LogP contribution in [0.15, 0.2) is 4.42 Å². The van der Waals surface area contributed by atoms with Crippen LogP contribution in [0.2, 0.25) is 0 Å². The second-order valence-corrected chi connectivity index (χ2v) is 3.31. The second kappa shape index (κ2) is 2.45. The quantitative estimate of drug-likeness (QED) is 0.655. The van der Waals surface area contributed by atoms with Crippen LogP contribution in [0, 0.1) is 0 Å². The first-order valence-electron chi connectivity index (χ1n) is 3.88. The van der Waals surface area contributed by atoms with Crippen LogP contribution < -0.4 is 5.73 Å². The molecule has 0 amide bonds. The number of nitrogen functional groups attached to an aromatic ring is 1. The lowest BCUT2D eigenvalue weighted by molar-refractivity contribution is 0.173. The van der Waals surface area contributed by atoms with Gasteiger partial charge in [-0.3, -0.25) is 0 Å². The van der Waals surface area contributed by atoms with Crippen LogP contribution in [-0.2, 0) is 10.2 Å². The molecule has 1 atom stereocenters. The molecule has 0 bridgehead atoms. The van der Waals surface area contributed by atoms with Gasteiger partial charge in [0.15, 0.2) is 0 Å². The minimum absolute atomic E-state index is 0.123. The molecule has 1 aliphatic heterocycles. The van der Waals surface area contributed by atoms with E-state index in [-0.39, 0.29) is 11.4 Å². The number of hydrogen-bond acceptors (Lipinski definition) is 5. The van der Waals surface area contributed by atoms with Gasteiger partial charge in [0.1, 0.15) is 0 Å². The highest BCUT2D eigenvalue weighted by atomic mass is 16.5. The number of rotatable bonds is 1. The predicted molar refractivity (Wildman–Crippen MR) is 41.5 cm³/mol. The molecule has 2 rings (SSSR count). The van der Waals surface area contributed by atoms with Crippen LogP contribution in [0.25, 0.3) is 0 Å². The Labute approximate surface area is 69.9 Å². The Bertz CT molecular complexity index is 278. The molecule has 2 N–H and O–H groups in total. The summed E-state index contributed by atoms with van der Waals surface area (Å²) in [5.74, 6) is 0.581. The van der Waals surface area contributed by atoms with Crippen molar-refractivity contribution in [2.75, 3.05) is 18.9 Å². The molecule has 1 saturated heterocycles. The standard InChI is InChI=1S/C7H11N3O2/c1-7(2-3-11-4-7)5-9-10-6(8)12-5/h2-4H2,1H3,(H2,8,10). The van der Waals surface area contributed by atoms with Crippen molar-refractivity contribution in [3.63, 3.8) is 0 Å². The first-order chi connectivity index (χ1) is 5.71. The van der Waals surface area contributed by atoms with E-state index in [2.05, 4.69) is 10.2 Å². The summed E-state index contributed by atoms with van der Waals surface area (Å²) in [6.45, 7) is 3.42. The summed E-state index contributed by atoms with van der Waals surface area (Å²) in [5, 5.41) is 7.46. The third kappa shape index (κ3) is 1.06. The number of nitrogens with two attached hydrogens (primary N) is 1. The molecule has 12 heavy (non-hydrogen) atoms. The number of aromatic nitrogens is 2. The van der Waals surface area contributed by atoms with Gasteiger partial charge in [0.2, 0.25) is 5.89 Å². The molecule has 0 spiro atoms. The average Bonchev–Trinajstić information content (AvgIpc) is 2.59. The van der Waals surface area contributed by atoms with Crippen molar-refractivity contribution < 1.29 is 9.15 Å². The minimum atomic E-state index is -0.134. The van der Waals surface area contributed by atoms with Gasteiger partial charge in [0, 0.05) is 6.61 Å². The molecule has 0 saturated carbocycles. The fraction of sp³-hybridized carbons (Fsp3) is 0.714. The molecule has 66 valence electrons. The third-order valence-corrected chi connectivity index (χ3v) is 2.18. The maximum atomic E-state index is 5.32. The van der Waals surface area contributed by atoms with Crippen molar-refractivity contribution >= 4 is 6.01 Å². The van der Waals surface area contributed by atoms with E-state index in [0.717, 1.165) is 13.0 Å². The first-order valence-corrected chi connectivity index (χ1v) is 3.88. The molecule has 2 heterocycles. The highest BCUT2D eigenvalue weighted by Crippen LogP contribution is 2.31. The molecule has 1 aliphatic rings. The summed E-state index contributed by atoms with van der Waals surface area (Å²) in [4.78, 5) is 0. The highest BCUT2D eigenvalue weighted by Gasteiger charge is 2.36. The molecule has 0 aromatic carbocycles. The Hall–Kier alpha value is -1.10. The van der Waals surface area contributed by atoms with Crippen LogP contribution >= 0.6 is 0 Å². The summed E-state index contributed by atoms with van der Waals surface area (Å²) >= 11 is 0. The predicted octanol–water partition coefficient (Wildman–Crippen LogP) is 0.330. The van der Waals surface area contributed by atoms with Gasteiger partial charge >= 0.3 is 6.01 Å². The van der Waals surface area contributed by atoms with E-state index in [0.29, 0.717) is 12.5 Å². The van der Waals surface area contributed by atoms with Gasteiger partial charge in [0.05, 0.1) is 12.0 Å². The molecular formula is C7H11N3O2. The number of anilines is 1. The largest absolute Gasteiger partial charge is 0.408 e. The van der Waals surface area contributed by atoms with Gasteiger partial charge in [-0.05, 0) is 13.3 Å². The van der Waals surface area contributed by atoms with E-state index in [1.807, 2.05) is 6.92 Å². The lowest BCUT2D eigenvalue weighted by Crippen LogP contribution is -2.22. The van der Waals surface area contributed by atoms with E-state index in [9.17, 15) is 0 Å². The van der Waals surface area contributed by atoms with Crippen molar-refractivity contribution in [1.82, 2.24) is 10.2 Å². The molecule has 1 fully saturated rings. The monoisotopic (exact) mass is 169 g/mol. The second-order valence-electron chi connectivity index (χ2n) is 3.31. The van der Waals surface area contributed by atoms with Gasteiger partial charge in [-0.25, -0.2) is 0 Å². The molecule has 5 heteroatoms. The fourth-order valence-electron chi connectivity index (χ4n) is 1.31. The Balaban J connectivity index is 2.28. The number of nitrogens with zero attached hydrogens (tertiary/aromatic N) is 2. The van der Waals surface area contributed by atoms with Crippen LogP contribution in [0.1, 0.15) is 19.2 Å². The Kier molecular flexibility index (Phi) is 1.54. The Morgan fingerprint density at radius 1 is 1.50 bits per heavy atom. The molecule has 1 unspecified atom stereocenters. The number of ether oxygens (including phenoxy) is 1. The summed E-state index contributed by atoms with van der Waals surface area (Å²) < 4.78 is 10.4. The smallest absolute Gasteiger partial charge is 0.312 e. The van der Waals surface area contributed by atoms with Crippen molar-refractivity contribution in [2.45, 2.75) is 18.8 Å². The Morgan fingerprint density at radius 2 is 2.33 bits per heavy atom. The normalized spacial score (nSPS) is 29.4. The van der Waals surface area contributed by atoms with E-state index >= 15 is 0 Å². The summed E-state index contributed by atoms with van der Waals surface area (Å²) in [6.07, 6.45) is 0.911. The molecule has 0 aliphatic carbocycles. The van der Waals surface area contributed by atoms with Gasteiger partial charge in [-0.1, -0.05) is 5.10 Å².